The van der Waals surface area contributed by atoms with Crippen LogP contribution in [0.4, 0.5) is 0 Å². The lowest BCUT2D eigenvalue weighted by Gasteiger charge is -2.20. The number of hydrogen-bond donors (Lipinski definition) is 2. The molecule has 0 aromatic carbocycles. The van der Waals surface area contributed by atoms with Gasteiger partial charge in [-0.25, -0.2) is 0 Å². The molecule has 2 N–H and O–H groups in total. The minimum absolute atomic E-state index is 0.00722. The first kappa shape index (κ1) is 13.0. The van der Waals surface area contributed by atoms with Gasteiger partial charge in [-0.15, -0.1) is 6.42 Å². The average Bonchev–Trinajstić information content (AvgIpc) is 2.01. The second kappa shape index (κ2) is 5.66. The minimum atomic E-state index is -0.183. The molecular weight excluding hydrogens is 176 g/mol. The zero-order valence-electron chi connectivity index (χ0n) is 9.48. The van der Waals surface area contributed by atoms with E-state index in [0.29, 0.717) is 13.0 Å². The molecule has 1 unspecified atom stereocenters. The van der Waals surface area contributed by atoms with E-state index in [4.69, 9.17) is 6.42 Å². The summed E-state index contributed by atoms with van der Waals surface area (Å²) in [5.41, 5.74) is 0.0536. The number of nitrogens with one attached hydrogen (secondary N) is 2. The molecule has 3 heteroatoms. The number of amides is 1. The summed E-state index contributed by atoms with van der Waals surface area (Å²) in [6.07, 6.45) is 5.60. The summed E-state index contributed by atoms with van der Waals surface area (Å²) in [7, 11) is 0. The molecule has 0 aliphatic heterocycles. The molecule has 0 saturated carbocycles. The molecular formula is C11H20N2O. The maximum atomic E-state index is 11.3. The van der Waals surface area contributed by atoms with Crippen molar-refractivity contribution in [1.29, 1.82) is 0 Å². The molecule has 14 heavy (non-hydrogen) atoms. The van der Waals surface area contributed by atoms with Crippen molar-refractivity contribution in [2.45, 2.75) is 45.7 Å². The third-order valence-corrected chi connectivity index (χ3v) is 1.63. The SMILES string of the molecule is C#CC(C)NC(=O)CCNC(C)(C)C. The van der Waals surface area contributed by atoms with E-state index >= 15 is 0 Å². The molecule has 80 valence electrons. The molecule has 0 rings (SSSR count). The molecule has 3 nitrogen and oxygen atoms in total. The third-order valence-electron chi connectivity index (χ3n) is 1.63. The second-order valence-corrected chi connectivity index (χ2v) is 4.38. The zero-order valence-corrected chi connectivity index (χ0v) is 9.48. The van der Waals surface area contributed by atoms with E-state index in [0.717, 1.165) is 0 Å². The van der Waals surface area contributed by atoms with E-state index in [1.54, 1.807) is 6.92 Å². The second-order valence-electron chi connectivity index (χ2n) is 4.38. The molecule has 0 fully saturated rings. The van der Waals surface area contributed by atoms with Crippen LogP contribution in [0, 0.1) is 12.3 Å². The van der Waals surface area contributed by atoms with Gasteiger partial charge in [-0.1, -0.05) is 5.92 Å². The first-order chi connectivity index (χ1) is 6.35. The van der Waals surface area contributed by atoms with Crippen LogP contribution in [-0.4, -0.2) is 24.0 Å². The fourth-order valence-corrected chi connectivity index (χ4v) is 0.906. The highest BCUT2D eigenvalue weighted by Gasteiger charge is 2.09. The van der Waals surface area contributed by atoms with Gasteiger partial charge in [0.2, 0.25) is 5.91 Å². The molecule has 0 radical (unpaired) electrons. The van der Waals surface area contributed by atoms with E-state index in [9.17, 15) is 4.79 Å². The molecule has 1 atom stereocenters. The van der Waals surface area contributed by atoms with Gasteiger partial charge in [-0.2, -0.15) is 0 Å². The third kappa shape index (κ3) is 7.63. The minimum Gasteiger partial charge on any atom is -0.343 e. The highest BCUT2D eigenvalue weighted by Crippen LogP contribution is 1.97. The number of carbonyl (C=O) groups is 1. The maximum Gasteiger partial charge on any atom is 0.222 e. The quantitative estimate of drug-likeness (QED) is 0.656. The summed E-state index contributed by atoms with van der Waals surface area (Å²) in [6.45, 7) is 8.65. The van der Waals surface area contributed by atoms with Gasteiger partial charge in [0.05, 0.1) is 6.04 Å². The van der Waals surface area contributed by atoms with Gasteiger partial charge < -0.3 is 10.6 Å². The lowest BCUT2D eigenvalue weighted by atomic mass is 10.1. The van der Waals surface area contributed by atoms with Crippen molar-refractivity contribution in [3.63, 3.8) is 0 Å². The summed E-state index contributed by atoms with van der Waals surface area (Å²) in [5, 5.41) is 5.93. The Balaban J connectivity index is 3.61. The van der Waals surface area contributed by atoms with E-state index in [1.807, 2.05) is 0 Å². The number of terminal acetylenes is 1. The van der Waals surface area contributed by atoms with Gasteiger partial charge in [0.15, 0.2) is 0 Å². The average molecular weight is 196 g/mol. The molecule has 0 spiro atoms. The van der Waals surface area contributed by atoms with Crippen molar-refractivity contribution >= 4 is 5.91 Å². The van der Waals surface area contributed by atoms with Crippen LogP contribution in [-0.2, 0) is 4.79 Å². The standard InChI is InChI=1S/C11H20N2O/c1-6-9(2)13-10(14)7-8-12-11(3,4)5/h1,9,12H,7-8H2,2-5H3,(H,13,14). The van der Waals surface area contributed by atoms with Crippen molar-refractivity contribution in [3.05, 3.63) is 0 Å². The predicted octanol–water partition coefficient (Wildman–Crippen LogP) is 0.902. The normalized spacial score (nSPS) is 13.1. The molecule has 1 amide bonds. The van der Waals surface area contributed by atoms with Crippen LogP contribution >= 0.6 is 0 Å². The van der Waals surface area contributed by atoms with E-state index < -0.39 is 0 Å². The summed E-state index contributed by atoms with van der Waals surface area (Å²) < 4.78 is 0. The Morgan fingerprint density at radius 3 is 2.50 bits per heavy atom. The highest BCUT2D eigenvalue weighted by atomic mass is 16.1. The fraction of sp³-hybridized carbons (Fsp3) is 0.727. The van der Waals surface area contributed by atoms with Crippen molar-refractivity contribution in [2.24, 2.45) is 0 Å². The Bertz CT molecular complexity index is 222. The summed E-state index contributed by atoms with van der Waals surface area (Å²) in [5.74, 6) is 2.44. The van der Waals surface area contributed by atoms with Gasteiger partial charge >= 0.3 is 0 Å². The first-order valence-electron chi connectivity index (χ1n) is 4.85. The van der Waals surface area contributed by atoms with Crippen LogP contribution in [0.25, 0.3) is 0 Å². The van der Waals surface area contributed by atoms with Crippen molar-refractivity contribution in [1.82, 2.24) is 10.6 Å². The topological polar surface area (TPSA) is 41.1 Å². The lowest BCUT2D eigenvalue weighted by Crippen LogP contribution is -2.39. The van der Waals surface area contributed by atoms with Crippen molar-refractivity contribution in [2.75, 3.05) is 6.54 Å². The lowest BCUT2D eigenvalue weighted by molar-refractivity contribution is -0.121. The Kier molecular flexibility index (Phi) is 5.26. The summed E-state index contributed by atoms with van der Waals surface area (Å²) in [6, 6.07) is -0.183. The van der Waals surface area contributed by atoms with E-state index in [-0.39, 0.29) is 17.5 Å². The number of rotatable bonds is 4. The van der Waals surface area contributed by atoms with Gasteiger partial charge in [-0.05, 0) is 27.7 Å². The highest BCUT2D eigenvalue weighted by molar-refractivity contribution is 5.76. The molecule has 0 saturated heterocycles. The van der Waals surface area contributed by atoms with Gasteiger partial charge in [0.25, 0.3) is 0 Å². The molecule has 0 aromatic heterocycles. The molecule has 0 aliphatic rings. The molecule has 0 bridgehead atoms. The summed E-state index contributed by atoms with van der Waals surface area (Å²) >= 11 is 0. The Morgan fingerprint density at radius 1 is 1.50 bits per heavy atom. The number of carbonyl (C=O) groups excluding carboxylic acids is 1. The van der Waals surface area contributed by atoms with Crippen LogP contribution < -0.4 is 10.6 Å². The van der Waals surface area contributed by atoms with Crippen molar-refractivity contribution < 1.29 is 4.79 Å². The van der Waals surface area contributed by atoms with Crippen molar-refractivity contribution in [3.8, 4) is 12.3 Å². The number of hydrogen-bond acceptors (Lipinski definition) is 2. The Morgan fingerprint density at radius 2 is 2.07 bits per heavy atom. The van der Waals surface area contributed by atoms with E-state index in [2.05, 4.69) is 37.3 Å². The maximum absolute atomic E-state index is 11.3. The largest absolute Gasteiger partial charge is 0.343 e. The molecule has 0 aromatic rings. The van der Waals surface area contributed by atoms with Crippen LogP contribution in [0.5, 0.6) is 0 Å². The van der Waals surface area contributed by atoms with Gasteiger partial charge in [0, 0.05) is 18.5 Å². The molecule has 0 aliphatic carbocycles. The first-order valence-corrected chi connectivity index (χ1v) is 4.85. The zero-order chi connectivity index (χ0) is 11.2. The molecule has 0 heterocycles. The van der Waals surface area contributed by atoms with Crippen LogP contribution in [0.3, 0.4) is 0 Å². The van der Waals surface area contributed by atoms with Gasteiger partial charge in [0.1, 0.15) is 0 Å². The summed E-state index contributed by atoms with van der Waals surface area (Å²) in [4.78, 5) is 11.3. The van der Waals surface area contributed by atoms with Crippen LogP contribution in [0.1, 0.15) is 34.1 Å². The van der Waals surface area contributed by atoms with Gasteiger partial charge in [-0.3, -0.25) is 4.79 Å². The Labute approximate surface area is 86.6 Å². The fourth-order valence-electron chi connectivity index (χ4n) is 0.906. The Hall–Kier alpha value is -1.01. The van der Waals surface area contributed by atoms with Crippen LogP contribution in [0.15, 0.2) is 0 Å². The smallest absolute Gasteiger partial charge is 0.222 e. The monoisotopic (exact) mass is 196 g/mol. The van der Waals surface area contributed by atoms with Crippen LogP contribution in [0.2, 0.25) is 0 Å². The predicted molar refractivity (Wildman–Crippen MR) is 58.8 cm³/mol. The van der Waals surface area contributed by atoms with E-state index in [1.165, 1.54) is 0 Å².